The largest absolute Gasteiger partial charge is 0.483 e. The van der Waals surface area contributed by atoms with Crippen molar-refractivity contribution in [1.82, 2.24) is 14.7 Å². The maximum Gasteiger partial charge on any atom is 0.312 e. The van der Waals surface area contributed by atoms with Crippen molar-refractivity contribution in [3.63, 3.8) is 0 Å². The highest BCUT2D eigenvalue weighted by molar-refractivity contribution is 6.34. The Morgan fingerprint density at radius 2 is 1.46 bits per heavy atom. The molecule has 8 nitrogen and oxygen atoms in total. The second kappa shape index (κ2) is 9.54. The van der Waals surface area contributed by atoms with Crippen molar-refractivity contribution in [2.75, 3.05) is 59.1 Å². The molecule has 0 radical (unpaired) electrons. The fraction of sp³-hybridized carbons (Fsp3) is 0.550. The van der Waals surface area contributed by atoms with Crippen LogP contribution >= 0.6 is 0 Å². The van der Waals surface area contributed by atoms with Crippen LogP contribution in [0.2, 0.25) is 0 Å². The van der Waals surface area contributed by atoms with E-state index in [2.05, 4.69) is 0 Å². The molecule has 3 amide bonds. The summed E-state index contributed by atoms with van der Waals surface area (Å²) in [5, 5.41) is 0. The quantitative estimate of drug-likeness (QED) is 0.686. The summed E-state index contributed by atoms with van der Waals surface area (Å²) in [5.41, 5.74) is 1.06. The first-order valence-electron chi connectivity index (χ1n) is 9.74. The molecule has 0 aliphatic carbocycles. The Kier molecular flexibility index (Phi) is 6.86. The van der Waals surface area contributed by atoms with Gasteiger partial charge in [-0.15, -0.1) is 0 Å². The first kappa shape index (κ1) is 20.1. The van der Waals surface area contributed by atoms with Crippen LogP contribution < -0.4 is 4.74 Å². The van der Waals surface area contributed by atoms with Gasteiger partial charge in [-0.2, -0.15) is 0 Å². The van der Waals surface area contributed by atoms with Crippen LogP contribution in [0, 0.1) is 0 Å². The molecule has 2 heterocycles. The molecule has 0 unspecified atom stereocenters. The topological polar surface area (TPSA) is 79.4 Å². The molecule has 8 heteroatoms. The average molecular weight is 389 g/mol. The number of benzene rings is 1. The van der Waals surface area contributed by atoms with E-state index >= 15 is 0 Å². The van der Waals surface area contributed by atoms with Crippen LogP contribution in [0.4, 0.5) is 0 Å². The van der Waals surface area contributed by atoms with Crippen LogP contribution in [-0.4, -0.2) is 91.5 Å². The van der Waals surface area contributed by atoms with Crippen LogP contribution in [-0.2, 0) is 25.5 Å². The molecule has 2 saturated heterocycles. The summed E-state index contributed by atoms with van der Waals surface area (Å²) in [6.45, 7) is 5.33. The molecule has 28 heavy (non-hydrogen) atoms. The molecule has 1 aromatic rings. The molecule has 0 spiro atoms. The number of aryl methyl sites for hydroxylation is 1. The Morgan fingerprint density at radius 1 is 0.893 bits per heavy atom. The lowest BCUT2D eigenvalue weighted by Gasteiger charge is -2.35. The van der Waals surface area contributed by atoms with E-state index in [0.29, 0.717) is 52.5 Å². The smallest absolute Gasteiger partial charge is 0.312 e. The van der Waals surface area contributed by atoms with Crippen molar-refractivity contribution in [2.45, 2.75) is 13.3 Å². The van der Waals surface area contributed by atoms with Crippen LogP contribution in [0.3, 0.4) is 0 Å². The fourth-order valence-electron chi connectivity index (χ4n) is 3.36. The second-order valence-corrected chi connectivity index (χ2v) is 6.83. The first-order valence-corrected chi connectivity index (χ1v) is 9.74. The van der Waals surface area contributed by atoms with Gasteiger partial charge in [-0.1, -0.05) is 25.1 Å². The Bertz CT molecular complexity index is 710. The van der Waals surface area contributed by atoms with E-state index in [-0.39, 0.29) is 12.5 Å². The van der Waals surface area contributed by atoms with Gasteiger partial charge in [0.1, 0.15) is 5.75 Å². The van der Waals surface area contributed by atoms with E-state index in [1.54, 1.807) is 4.90 Å². The molecular formula is C20H27N3O5. The maximum atomic E-state index is 12.4. The number of morpholine rings is 1. The molecule has 152 valence electrons. The number of hydrogen-bond donors (Lipinski definition) is 0. The maximum absolute atomic E-state index is 12.4. The van der Waals surface area contributed by atoms with Gasteiger partial charge < -0.3 is 24.2 Å². The van der Waals surface area contributed by atoms with Gasteiger partial charge in [-0.05, 0) is 18.1 Å². The standard InChI is InChI=1S/C20H27N3O5/c1-2-16-5-3-4-6-17(16)28-15-18(24)21-7-9-22(10-8-21)19(25)20(26)23-11-13-27-14-12-23/h3-6H,2,7-15H2,1H3. The lowest BCUT2D eigenvalue weighted by atomic mass is 10.1. The van der Waals surface area contributed by atoms with Gasteiger partial charge in [0, 0.05) is 39.3 Å². The van der Waals surface area contributed by atoms with Crippen molar-refractivity contribution in [2.24, 2.45) is 0 Å². The first-order chi connectivity index (χ1) is 13.6. The van der Waals surface area contributed by atoms with E-state index < -0.39 is 11.8 Å². The monoisotopic (exact) mass is 389 g/mol. The minimum atomic E-state index is -0.498. The predicted molar refractivity (Wildman–Crippen MR) is 102 cm³/mol. The molecule has 0 N–H and O–H groups in total. The summed E-state index contributed by atoms with van der Waals surface area (Å²) in [5.74, 6) is -0.370. The lowest BCUT2D eigenvalue weighted by Crippen LogP contribution is -2.56. The summed E-state index contributed by atoms with van der Waals surface area (Å²) < 4.78 is 10.9. The van der Waals surface area contributed by atoms with Crippen LogP contribution in [0.1, 0.15) is 12.5 Å². The molecule has 2 aliphatic rings. The predicted octanol–water partition coefficient (Wildman–Crippen LogP) is 0.157. The summed E-state index contributed by atoms with van der Waals surface area (Å²) in [4.78, 5) is 41.9. The highest BCUT2D eigenvalue weighted by atomic mass is 16.5. The summed E-state index contributed by atoms with van der Waals surface area (Å²) in [7, 11) is 0. The van der Waals surface area contributed by atoms with E-state index in [1.807, 2.05) is 31.2 Å². The molecule has 1 aromatic carbocycles. The number of carbonyl (C=O) groups excluding carboxylic acids is 3. The lowest BCUT2D eigenvalue weighted by molar-refractivity contribution is -0.155. The fourth-order valence-corrected chi connectivity index (χ4v) is 3.36. The third-order valence-corrected chi connectivity index (χ3v) is 5.11. The molecular weight excluding hydrogens is 362 g/mol. The zero-order valence-corrected chi connectivity index (χ0v) is 16.3. The molecule has 3 rings (SSSR count). The number of carbonyl (C=O) groups is 3. The number of hydrogen-bond acceptors (Lipinski definition) is 5. The third kappa shape index (κ3) is 4.81. The van der Waals surface area contributed by atoms with E-state index in [4.69, 9.17) is 9.47 Å². The van der Waals surface area contributed by atoms with Gasteiger partial charge in [-0.3, -0.25) is 14.4 Å². The van der Waals surface area contributed by atoms with E-state index in [9.17, 15) is 14.4 Å². The zero-order chi connectivity index (χ0) is 19.9. The summed E-state index contributed by atoms with van der Waals surface area (Å²) in [6, 6.07) is 7.67. The second-order valence-electron chi connectivity index (χ2n) is 6.83. The molecule has 0 atom stereocenters. The normalized spacial score (nSPS) is 17.4. The van der Waals surface area contributed by atoms with Crippen molar-refractivity contribution in [3.8, 4) is 5.75 Å². The Balaban J connectivity index is 1.46. The number of piperazine rings is 1. The summed E-state index contributed by atoms with van der Waals surface area (Å²) >= 11 is 0. The van der Waals surface area contributed by atoms with Gasteiger partial charge in [0.25, 0.3) is 5.91 Å². The van der Waals surface area contributed by atoms with Crippen molar-refractivity contribution in [1.29, 1.82) is 0 Å². The SMILES string of the molecule is CCc1ccccc1OCC(=O)N1CCN(C(=O)C(=O)N2CCOCC2)CC1. The average Bonchev–Trinajstić information content (AvgIpc) is 2.77. The van der Waals surface area contributed by atoms with Crippen molar-refractivity contribution >= 4 is 17.7 Å². The number of ether oxygens (including phenoxy) is 2. The highest BCUT2D eigenvalue weighted by Crippen LogP contribution is 2.18. The van der Waals surface area contributed by atoms with Gasteiger partial charge in [0.05, 0.1) is 13.2 Å². The Morgan fingerprint density at radius 3 is 2.11 bits per heavy atom. The van der Waals surface area contributed by atoms with Crippen molar-refractivity contribution in [3.05, 3.63) is 29.8 Å². The van der Waals surface area contributed by atoms with Crippen molar-refractivity contribution < 1.29 is 23.9 Å². The van der Waals surface area contributed by atoms with Gasteiger partial charge >= 0.3 is 11.8 Å². The van der Waals surface area contributed by atoms with Crippen LogP contribution in [0.15, 0.2) is 24.3 Å². The van der Waals surface area contributed by atoms with Crippen LogP contribution in [0.5, 0.6) is 5.75 Å². The zero-order valence-electron chi connectivity index (χ0n) is 16.3. The van der Waals surface area contributed by atoms with Gasteiger partial charge in [0.2, 0.25) is 0 Å². The van der Waals surface area contributed by atoms with Gasteiger partial charge in [-0.25, -0.2) is 0 Å². The molecule has 0 bridgehead atoms. The van der Waals surface area contributed by atoms with E-state index in [0.717, 1.165) is 17.7 Å². The molecule has 0 saturated carbocycles. The number of para-hydroxylation sites is 1. The number of nitrogens with zero attached hydrogens (tertiary/aromatic N) is 3. The molecule has 2 aliphatic heterocycles. The molecule has 0 aromatic heterocycles. The summed E-state index contributed by atoms with van der Waals surface area (Å²) in [6.07, 6.45) is 0.836. The number of rotatable bonds is 4. The van der Waals surface area contributed by atoms with Crippen LogP contribution in [0.25, 0.3) is 0 Å². The van der Waals surface area contributed by atoms with Gasteiger partial charge in [0.15, 0.2) is 6.61 Å². The minimum Gasteiger partial charge on any atom is -0.483 e. The Hall–Kier alpha value is -2.61. The third-order valence-electron chi connectivity index (χ3n) is 5.11. The highest BCUT2D eigenvalue weighted by Gasteiger charge is 2.31. The number of amides is 3. The molecule has 2 fully saturated rings. The van der Waals surface area contributed by atoms with E-state index in [1.165, 1.54) is 9.80 Å². The minimum absolute atomic E-state index is 0.0301. The Labute approximate surface area is 165 Å².